The summed E-state index contributed by atoms with van der Waals surface area (Å²) in [6, 6.07) is 17.9. The molecule has 2 aromatic carbocycles. The fourth-order valence-electron chi connectivity index (χ4n) is 2.57. The van der Waals surface area contributed by atoms with Gasteiger partial charge in [-0.2, -0.15) is 10.1 Å². The number of nitrogens with zero attached hydrogens (tertiary/aromatic N) is 2. The van der Waals surface area contributed by atoms with E-state index in [-0.39, 0.29) is 0 Å². The average molecular weight is 393 g/mol. The molecule has 0 radical (unpaired) electrons. The predicted octanol–water partition coefficient (Wildman–Crippen LogP) is 4.36. The molecule has 0 saturated heterocycles. The van der Waals surface area contributed by atoms with Gasteiger partial charge in [0.15, 0.2) is 0 Å². The highest BCUT2D eigenvalue weighted by Crippen LogP contribution is 2.19. The molecule has 0 aliphatic rings. The molecule has 0 saturated carbocycles. The van der Waals surface area contributed by atoms with Crippen LogP contribution in [0.1, 0.15) is 19.8 Å². The molecular formula is C22H23N3O4. The number of hydrogen-bond acceptors (Lipinski definition) is 5. The molecule has 0 aliphatic carbocycles. The third-order valence-corrected chi connectivity index (χ3v) is 4.05. The molecule has 0 aliphatic heterocycles. The Morgan fingerprint density at radius 1 is 1.07 bits per heavy atom. The second-order valence-electron chi connectivity index (χ2n) is 6.19. The van der Waals surface area contributed by atoms with E-state index in [2.05, 4.69) is 22.1 Å². The Hall–Kier alpha value is -3.61. The summed E-state index contributed by atoms with van der Waals surface area (Å²) in [5.41, 5.74) is 1.34. The average Bonchev–Trinajstić information content (AvgIpc) is 2.75. The molecule has 3 rings (SSSR count). The number of aromatic amines is 1. The van der Waals surface area contributed by atoms with Gasteiger partial charge in [-0.25, -0.2) is 9.89 Å². The van der Waals surface area contributed by atoms with E-state index in [1.165, 1.54) is 0 Å². The lowest BCUT2D eigenvalue weighted by molar-refractivity contribution is 0.210. The monoisotopic (exact) mass is 393 g/mol. The van der Waals surface area contributed by atoms with Crippen molar-refractivity contribution < 1.29 is 19.0 Å². The van der Waals surface area contributed by atoms with Crippen molar-refractivity contribution in [2.45, 2.75) is 19.8 Å². The first kappa shape index (κ1) is 20.1. The number of benzene rings is 2. The molecule has 7 heteroatoms. The third kappa shape index (κ3) is 5.68. The molecule has 0 spiro atoms. The number of rotatable bonds is 7. The number of unbranched alkanes of at least 4 members (excludes halogenated alkanes) is 1. The molecule has 1 amide bonds. The van der Waals surface area contributed by atoms with Crippen LogP contribution in [0.5, 0.6) is 17.4 Å². The normalized spacial score (nSPS) is 11.2. The van der Waals surface area contributed by atoms with Crippen molar-refractivity contribution in [2.24, 2.45) is 4.99 Å². The van der Waals surface area contributed by atoms with E-state index in [9.17, 15) is 4.79 Å². The first-order valence-corrected chi connectivity index (χ1v) is 9.38. The van der Waals surface area contributed by atoms with Crippen LogP contribution >= 0.6 is 0 Å². The van der Waals surface area contributed by atoms with Crippen molar-refractivity contribution in [1.82, 2.24) is 10.2 Å². The Kier molecular flexibility index (Phi) is 7.00. The van der Waals surface area contributed by atoms with Crippen molar-refractivity contribution >= 4 is 6.09 Å². The first-order chi connectivity index (χ1) is 14.2. The highest BCUT2D eigenvalue weighted by molar-refractivity contribution is 5.72. The lowest BCUT2D eigenvalue weighted by atomic mass is 10.1. The second kappa shape index (κ2) is 10.1. The number of ether oxygens (including phenoxy) is 3. The number of aromatic nitrogens is 2. The number of carbonyl (C=O) groups is 1. The van der Waals surface area contributed by atoms with Gasteiger partial charge in [0.1, 0.15) is 22.6 Å². The third-order valence-electron chi connectivity index (χ3n) is 4.05. The fourth-order valence-corrected chi connectivity index (χ4v) is 2.57. The maximum Gasteiger partial charge on any atom is 0.439 e. The van der Waals surface area contributed by atoms with Crippen molar-refractivity contribution in [2.75, 3.05) is 13.7 Å². The summed E-state index contributed by atoms with van der Waals surface area (Å²) in [4.78, 5) is 16.5. The van der Waals surface area contributed by atoms with E-state index in [1.807, 2.05) is 30.3 Å². The highest BCUT2D eigenvalue weighted by Gasteiger charge is 2.09. The molecule has 0 bridgehead atoms. The van der Waals surface area contributed by atoms with Crippen LogP contribution in [0.3, 0.4) is 0 Å². The lowest BCUT2D eigenvalue weighted by Crippen LogP contribution is -2.16. The maximum absolute atomic E-state index is 12.4. The van der Waals surface area contributed by atoms with E-state index in [0.29, 0.717) is 35.0 Å². The van der Waals surface area contributed by atoms with Gasteiger partial charge in [-0.05, 0) is 18.6 Å². The van der Waals surface area contributed by atoms with Crippen molar-refractivity contribution in [1.29, 1.82) is 0 Å². The van der Waals surface area contributed by atoms with Crippen LogP contribution in [0.4, 0.5) is 4.79 Å². The van der Waals surface area contributed by atoms with Crippen molar-refractivity contribution in [3.8, 4) is 28.6 Å². The molecule has 1 aromatic heterocycles. The van der Waals surface area contributed by atoms with Gasteiger partial charge in [0.05, 0.1) is 13.7 Å². The number of carbonyl (C=O) groups excluding carboxylic acids is 1. The van der Waals surface area contributed by atoms with Crippen LogP contribution in [-0.2, 0) is 0 Å². The van der Waals surface area contributed by atoms with Gasteiger partial charge in [0.2, 0.25) is 5.88 Å². The Balaban J connectivity index is 1.92. The van der Waals surface area contributed by atoms with Crippen LogP contribution in [0.2, 0.25) is 0 Å². The number of hydrogen-bond donors (Lipinski definition) is 1. The van der Waals surface area contributed by atoms with E-state index in [1.54, 1.807) is 37.4 Å². The molecule has 1 heterocycles. The quantitative estimate of drug-likeness (QED) is 0.603. The molecule has 150 valence electrons. The van der Waals surface area contributed by atoms with E-state index >= 15 is 0 Å². The zero-order valence-corrected chi connectivity index (χ0v) is 16.4. The molecule has 29 heavy (non-hydrogen) atoms. The van der Waals surface area contributed by atoms with Gasteiger partial charge in [-0.15, -0.1) is 0 Å². The van der Waals surface area contributed by atoms with E-state index < -0.39 is 6.09 Å². The summed E-state index contributed by atoms with van der Waals surface area (Å²) in [5, 5.41) is 7.57. The summed E-state index contributed by atoms with van der Waals surface area (Å²) in [5.74, 6) is 1.36. The second-order valence-corrected chi connectivity index (χ2v) is 6.19. The largest absolute Gasteiger partial charge is 0.497 e. The summed E-state index contributed by atoms with van der Waals surface area (Å²) < 4.78 is 16.1. The summed E-state index contributed by atoms with van der Waals surface area (Å²) in [6.07, 6.45) is 1.17. The Labute approximate surface area is 169 Å². The Bertz CT molecular complexity index is 1020. The Morgan fingerprint density at radius 3 is 2.62 bits per heavy atom. The molecule has 1 N–H and O–H groups in total. The zero-order valence-electron chi connectivity index (χ0n) is 16.4. The summed E-state index contributed by atoms with van der Waals surface area (Å²) in [6.45, 7) is 2.63. The number of nitrogens with one attached hydrogen (secondary N) is 1. The lowest BCUT2D eigenvalue weighted by Gasteiger charge is -2.07. The SMILES string of the molecule is CCCCOc1cc(=NC(=O)Oc2cccc(OC)c2)c(-c2ccccc2)n[nH]1. The molecule has 0 fully saturated rings. The van der Waals surface area contributed by atoms with Gasteiger partial charge < -0.3 is 14.2 Å². The minimum atomic E-state index is -0.761. The van der Waals surface area contributed by atoms with Gasteiger partial charge in [-0.3, -0.25) is 0 Å². The minimum Gasteiger partial charge on any atom is -0.497 e. The molecule has 0 unspecified atom stereocenters. The summed E-state index contributed by atoms with van der Waals surface area (Å²) in [7, 11) is 1.55. The van der Waals surface area contributed by atoms with Crippen molar-refractivity contribution in [3.63, 3.8) is 0 Å². The molecule has 3 aromatic rings. The standard InChI is InChI=1S/C22H23N3O4/c1-3-4-13-28-20-15-19(21(25-24-20)16-9-6-5-7-10-16)23-22(26)29-18-12-8-11-17(14-18)27-2/h5-12,14-15H,3-4,13H2,1-2H3,(H,23,24,26). The molecular weight excluding hydrogens is 370 g/mol. The van der Waals surface area contributed by atoms with Crippen LogP contribution in [0.25, 0.3) is 11.3 Å². The fraction of sp³-hybridized carbons (Fsp3) is 0.227. The first-order valence-electron chi connectivity index (χ1n) is 9.38. The highest BCUT2D eigenvalue weighted by atomic mass is 16.5. The smallest absolute Gasteiger partial charge is 0.439 e. The van der Waals surface area contributed by atoms with Crippen LogP contribution in [0, 0.1) is 0 Å². The predicted molar refractivity (Wildman–Crippen MR) is 109 cm³/mol. The van der Waals surface area contributed by atoms with Crippen LogP contribution < -0.4 is 19.6 Å². The number of amides is 1. The van der Waals surface area contributed by atoms with Gasteiger partial charge in [0, 0.05) is 17.7 Å². The van der Waals surface area contributed by atoms with Gasteiger partial charge in [0.25, 0.3) is 0 Å². The van der Waals surface area contributed by atoms with Crippen LogP contribution in [-0.4, -0.2) is 30.0 Å². The van der Waals surface area contributed by atoms with Crippen molar-refractivity contribution in [3.05, 3.63) is 66.0 Å². The number of methoxy groups -OCH3 is 1. The van der Waals surface area contributed by atoms with Gasteiger partial charge >= 0.3 is 6.09 Å². The topological polar surface area (TPSA) is 85.8 Å². The van der Waals surface area contributed by atoms with E-state index in [4.69, 9.17) is 14.2 Å². The van der Waals surface area contributed by atoms with Gasteiger partial charge in [-0.1, -0.05) is 49.7 Å². The maximum atomic E-state index is 12.4. The molecule has 0 atom stereocenters. The van der Waals surface area contributed by atoms with Crippen LogP contribution in [0.15, 0.2) is 65.7 Å². The van der Waals surface area contributed by atoms with E-state index in [0.717, 1.165) is 18.4 Å². The number of H-pyrrole nitrogens is 1. The summed E-state index contributed by atoms with van der Waals surface area (Å²) >= 11 is 0. The zero-order chi connectivity index (χ0) is 20.5. The molecule has 7 nitrogen and oxygen atoms in total. The minimum absolute atomic E-state index is 0.342. The Morgan fingerprint density at radius 2 is 1.86 bits per heavy atom.